The lowest BCUT2D eigenvalue weighted by molar-refractivity contribution is -0.142. The lowest BCUT2D eigenvalue weighted by Gasteiger charge is -2.08. The fraction of sp³-hybridized carbons (Fsp3) is 0.357. The summed E-state index contributed by atoms with van der Waals surface area (Å²) in [7, 11) is 0. The summed E-state index contributed by atoms with van der Waals surface area (Å²) in [4.78, 5) is 8.38. The highest BCUT2D eigenvalue weighted by molar-refractivity contribution is 5.60. The summed E-state index contributed by atoms with van der Waals surface area (Å²) in [5, 5.41) is 13.3. The predicted molar refractivity (Wildman–Crippen MR) is 75.6 cm³/mol. The first-order valence-electron chi connectivity index (χ1n) is 6.90. The molecular formula is C14H14F3N5O. The van der Waals surface area contributed by atoms with Gasteiger partial charge in [0.15, 0.2) is 11.6 Å². The van der Waals surface area contributed by atoms with Gasteiger partial charge in [-0.05, 0) is 26.0 Å². The Hall–Kier alpha value is -2.42. The molecular weight excluding hydrogens is 311 g/mol. The van der Waals surface area contributed by atoms with Crippen molar-refractivity contribution in [3.63, 3.8) is 0 Å². The average Bonchev–Trinajstić information content (AvgIpc) is 2.99. The number of aliphatic hydroxyl groups is 1. The van der Waals surface area contributed by atoms with Crippen LogP contribution in [-0.4, -0.2) is 35.4 Å². The second-order valence-electron chi connectivity index (χ2n) is 5.22. The molecule has 0 bridgehead atoms. The van der Waals surface area contributed by atoms with Crippen molar-refractivity contribution in [1.29, 1.82) is 0 Å². The van der Waals surface area contributed by atoms with Crippen molar-refractivity contribution in [2.45, 2.75) is 32.7 Å². The Kier molecular flexibility index (Phi) is 3.59. The van der Waals surface area contributed by atoms with Crippen LogP contribution in [0.1, 0.15) is 24.5 Å². The van der Waals surface area contributed by atoms with Gasteiger partial charge in [-0.15, -0.1) is 0 Å². The molecule has 3 aromatic heterocycles. The number of aryl methyl sites for hydroxylation is 1. The van der Waals surface area contributed by atoms with Gasteiger partial charge in [0.1, 0.15) is 24.0 Å². The Morgan fingerprint density at radius 1 is 1.26 bits per heavy atom. The minimum atomic E-state index is -4.45. The first-order chi connectivity index (χ1) is 10.8. The zero-order valence-corrected chi connectivity index (χ0v) is 12.4. The van der Waals surface area contributed by atoms with Gasteiger partial charge in [-0.25, -0.2) is 14.6 Å². The highest BCUT2D eigenvalue weighted by Crippen LogP contribution is 2.26. The molecule has 0 saturated heterocycles. The number of rotatable bonds is 3. The second kappa shape index (κ2) is 5.34. The summed E-state index contributed by atoms with van der Waals surface area (Å²) in [5.41, 5.74) is 1.55. The lowest BCUT2D eigenvalue weighted by Crippen LogP contribution is -2.20. The lowest BCUT2D eigenvalue weighted by atomic mass is 10.3. The third-order valence-electron chi connectivity index (χ3n) is 3.37. The van der Waals surface area contributed by atoms with Crippen LogP contribution in [0.5, 0.6) is 0 Å². The fourth-order valence-corrected chi connectivity index (χ4v) is 2.32. The fourth-order valence-electron chi connectivity index (χ4n) is 2.32. The van der Waals surface area contributed by atoms with E-state index in [0.717, 1.165) is 4.68 Å². The summed E-state index contributed by atoms with van der Waals surface area (Å²) in [5.74, 6) is -0.0832. The number of halogens is 3. The van der Waals surface area contributed by atoms with Gasteiger partial charge in [0, 0.05) is 6.20 Å². The van der Waals surface area contributed by atoms with E-state index in [1.54, 1.807) is 35.7 Å². The van der Waals surface area contributed by atoms with Crippen LogP contribution in [0.3, 0.4) is 0 Å². The van der Waals surface area contributed by atoms with Crippen LogP contribution in [0.4, 0.5) is 13.2 Å². The molecule has 0 aliphatic carbocycles. The SMILES string of the molecule is Cc1c(-c2nc(C(C)O)nn2CC(F)(F)F)nc2ccccn12. The number of aromatic nitrogens is 5. The van der Waals surface area contributed by atoms with Gasteiger partial charge in [0.05, 0.1) is 5.69 Å². The Bertz CT molecular complexity index is 850. The summed E-state index contributed by atoms with van der Waals surface area (Å²) >= 11 is 0. The molecule has 9 heteroatoms. The van der Waals surface area contributed by atoms with Crippen LogP contribution in [0.15, 0.2) is 24.4 Å². The normalized spacial score (nSPS) is 13.7. The number of imidazole rings is 1. The first-order valence-corrected chi connectivity index (χ1v) is 6.90. The van der Waals surface area contributed by atoms with E-state index in [0.29, 0.717) is 17.0 Å². The Labute approximate surface area is 129 Å². The zero-order chi connectivity index (χ0) is 16.8. The minimum Gasteiger partial charge on any atom is -0.385 e. The van der Waals surface area contributed by atoms with Crippen molar-refractivity contribution in [3.8, 4) is 11.5 Å². The molecule has 0 aliphatic heterocycles. The van der Waals surface area contributed by atoms with Crippen molar-refractivity contribution in [1.82, 2.24) is 24.1 Å². The van der Waals surface area contributed by atoms with E-state index in [-0.39, 0.29) is 11.6 Å². The maximum Gasteiger partial charge on any atom is 0.408 e. The maximum absolute atomic E-state index is 12.8. The highest BCUT2D eigenvalue weighted by Gasteiger charge is 2.32. The topological polar surface area (TPSA) is 68.2 Å². The molecule has 3 rings (SSSR count). The molecule has 0 spiro atoms. The van der Waals surface area contributed by atoms with Crippen LogP contribution in [-0.2, 0) is 6.54 Å². The molecule has 0 aromatic carbocycles. The number of hydrogen-bond donors (Lipinski definition) is 1. The molecule has 1 atom stereocenters. The van der Waals surface area contributed by atoms with Gasteiger partial charge in [0.25, 0.3) is 0 Å². The van der Waals surface area contributed by atoms with E-state index >= 15 is 0 Å². The summed E-state index contributed by atoms with van der Waals surface area (Å²) in [6, 6.07) is 5.33. The number of fused-ring (bicyclic) bond motifs is 1. The van der Waals surface area contributed by atoms with Crippen molar-refractivity contribution >= 4 is 5.65 Å². The molecule has 0 aliphatic rings. The molecule has 0 saturated carbocycles. The van der Waals surface area contributed by atoms with Crippen LogP contribution in [0, 0.1) is 6.92 Å². The molecule has 0 radical (unpaired) electrons. The van der Waals surface area contributed by atoms with Gasteiger partial charge in [-0.3, -0.25) is 0 Å². The van der Waals surface area contributed by atoms with Crippen molar-refractivity contribution in [3.05, 3.63) is 35.9 Å². The van der Waals surface area contributed by atoms with E-state index in [1.165, 1.54) is 6.92 Å². The van der Waals surface area contributed by atoms with Gasteiger partial charge >= 0.3 is 6.18 Å². The third kappa shape index (κ3) is 2.91. The summed E-state index contributed by atoms with van der Waals surface area (Å²) in [6.07, 6.45) is -3.76. The van der Waals surface area contributed by atoms with Crippen molar-refractivity contribution in [2.75, 3.05) is 0 Å². The molecule has 0 amide bonds. The molecule has 1 N–H and O–H groups in total. The van der Waals surface area contributed by atoms with E-state index < -0.39 is 18.8 Å². The zero-order valence-electron chi connectivity index (χ0n) is 12.4. The molecule has 3 heterocycles. The number of hydrogen-bond acceptors (Lipinski definition) is 4. The van der Waals surface area contributed by atoms with Crippen LogP contribution < -0.4 is 0 Å². The average molecular weight is 325 g/mol. The van der Waals surface area contributed by atoms with E-state index in [4.69, 9.17) is 0 Å². The Balaban J connectivity index is 2.18. The van der Waals surface area contributed by atoms with Gasteiger partial charge < -0.3 is 9.51 Å². The van der Waals surface area contributed by atoms with Gasteiger partial charge in [-0.2, -0.15) is 18.3 Å². The largest absolute Gasteiger partial charge is 0.408 e. The number of pyridine rings is 1. The smallest absolute Gasteiger partial charge is 0.385 e. The highest BCUT2D eigenvalue weighted by atomic mass is 19.4. The second-order valence-corrected chi connectivity index (χ2v) is 5.22. The number of alkyl halides is 3. The Morgan fingerprint density at radius 3 is 2.61 bits per heavy atom. The monoisotopic (exact) mass is 325 g/mol. The first kappa shape index (κ1) is 15.5. The maximum atomic E-state index is 12.8. The van der Waals surface area contributed by atoms with E-state index in [2.05, 4.69) is 15.1 Å². The third-order valence-corrected chi connectivity index (χ3v) is 3.37. The minimum absolute atomic E-state index is 0.0144. The number of nitrogens with zero attached hydrogens (tertiary/aromatic N) is 5. The predicted octanol–water partition coefficient (Wildman–Crippen LogP) is 2.52. The van der Waals surface area contributed by atoms with Crippen molar-refractivity contribution in [2.24, 2.45) is 0 Å². The van der Waals surface area contributed by atoms with Crippen LogP contribution in [0.2, 0.25) is 0 Å². The molecule has 1 unspecified atom stereocenters. The van der Waals surface area contributed by atoms with Gasteiger partial charge in [0.2, 0.25) is 0 Å². The van der Waals surface area contributed by atoms with Crippen LogP contribution in [0.25, 0.3) is 17.2 Å². The van der Waals surface area contributed by atoms with Crippen LogP contribution >= 0.6 is 0 Å². The van der Waals surface area contributed by atoms with E-state index in [1.807, 2.05) is 0 Å². The van der Waals surface area contributed by atoms with E-state index in [9.17, 15) is 18.3 Å². The number of aliphatic hydroxyl groups excluding tert-OH is 1. The summed E-state index contributed by atoms with van der Waals surface area (Å²) < 4.78 is 40.8. The quantitative estimate of drug-likeness (QED) is 0.803. The molecule has 6 nitrogen and oxygen atoms in total. The van der Waals surface area contributed by atoms with Crippen molar-refractivity contribution < 1.29 is 18.3 Å². The molecule has 0 fully saturated rings. The summed E-state index contributed by atoms with van der Waals surface area (Å²) in [6.45, 7) is 1.84. The molecule has 23 heavy (non-hydrogen) atoms. The standard InChI is InChI=1S/C14H14F3N5O/c1-8-11(18-10-5-3-4-6-21(8)10)13-19-12(9(2)23)20-22(13)7-14(15,16)17/h3-6,9,23H,7H2,1-2H3. The van der Waals surface area contributed by atoms with Gasteiger partial charge in [-0.1, -0.05) is 6.07 Å². The molecule has 3 aromatic rings. The Morgan fingerprint density at radius 2 is 2.00 bits per heavy atom. The molecule has 122 valence electrons.